The average molecular weight is 230 g/mol. The number of primary amides is 2. The number of amides is 2. The molecule has 0 aliphatic carbocycles. The van der Waals surface area contributed by atoms with Gasteiger partial charge in [-0.3, -0.25) is 0 Å². The molecule has 0 aromatic heterocycles. The minimum Gasteiger partial charge on any atom is -0.508 e. The molecule has 0 aliphatic heterocycles. The van der Waals surface area contributed by atoms with E-state index in [1.807, 2.05) is 12.9 Å². The van der Waals surface area contributed by atoms with Crippen LogP contribution in [0.25, 0.3) is 0 Å². The molecule has 1 aromatic carbocycles. The van der Waals surface area contributed by atoms with Crippen molar-refractivity contribution in [3.63, 3.8) is 0 Å². The summed E-state index contributed by atoms with van der Waals surface area (Å²) in [4.78, 5) is 17.0. The number of phenols is 1. The summed E-state index contributed by atoms with van der Waals surface area (Å²) >= 11 is 0. The number of carbonyl (C=O) groups is 2. The van der Waals surface area contributed by atoms with E-state index in [2.05, 4.69) is 11.5 Å². The molecule has 0 saturated carbocycles. The Bertz CT molecular complexity index is 238. The fourth-order valence-electron chi connectivity index (χ4n) is 0.428. The van der Waals surface area contributed by atoms with E-state index in [-0.39, 0.29) is 6.61 Å². The van der Waals surface area contributed by atoms with Crippen LogP contribution in [0.2, 0.25) is 0 Å². The first kappa shape index (κ1) is 19.5. The molecule has 0 bridgehead atoms. The van der Waals surface area contributed by atoms with Crippen molar-refractivity contribution in [2.45, 2.75) is 6.92 Å². The molecule has 0 aliphatic rings. The minimum atomic E-state index is -0.833. The lowest BCUT2D eigenvalue weighted by molar-refractivity contribution is -0.0979. The van der Waals surface area contributed by atoms with Crippen LogP contribution >= 0.6 is 0 Å². The zero-order valence-corrected chi connectivity index (χ0v) is 9.17. The molecule has 0 unspecified atom stereocenters. The fraction of sp³-hybridized carbons (Fsp3) is 0.200. The third-order valence-corrected chi connectivity index (χ3v) is 0.756. The van der Waals surface area contributed by atoms with Crippen molar-refractivity contribution in [2.75, 3.05) is 6.61 Å². The van der Waals surface area contributed by atoms with Gasteiger partial charge in [-0.15, -0.1) is 0 Å². The third kappa shape index (κ3) is 40.6. The van der Waals surface area contributed by atoms with E-state index in [1.165, 1.54) is 0 Å². The Morgan fingerprint density at radius 1 is 1.25 bits per heavy atom. The Kier molecular flexibility index (Phi) is 22.7. The molecule has 16 heavy (non-hydrogen) atoms. The topological polar surface area (TPSA) is 127 Å². The van der Waals surface area contributed by atoms with Gasteiger partial charge in [-0.25, -0.2) is 4.79 Å². The number of hydrogen-bond acceptors (Lipinski definition) is 4. The first-order chi connectivity index (χ1) is 7.54. The van der Waals surface area contributed by atoms with E-state index in [0.717, 1.165) is 0 Å². The van der Waals surface area contributed by atoms with Crippen molar-refractivity contribution >= 4 is 12.8 Å². The summed E-state index contributed by atoms with van der Waals surface area (Å²) < 4.78 is 0. The maximum atomic E-state index is 9.00. The Hall–Kier alpha value is -2.08. The van der Waals surface area contributed by atoms with Crippen LogP contribution in [0.4, 0.5) is 4.79 Å². The Morgan fingerprint density at radius 3 is 1.62 bits per heavy atom. The maximum absolute atomic E-state index is 9.00. The lowest BCUT2D eigenvalue weighted by atomic mass is 10.3. The number of benzene rings is 1. The van der Waals surface area contributed by atoms with Crippen molar-refractivity contribution in [3.8, 4) is 5.75 Å². The third-order valence-electron chi connectivity index (χ3n) is 0.756. The zero-order chi connectivity index (χ0) is 13.4. The monoisotopic (exact) mass is 230 g/mol. The van der Waals surface area contributed by atoms with Crippen LogP contribution < -0.4 is 11.5 Å². The van der Waals surface area contributed by atoms with Crippen molar-refractivity contribution < 1.29 is 19.8 Å². The zero-order valence-electron chi connectivity index (χ0n) is 9.17. The highest BCUT2D eigenvalue weighted by Crippen LogP contribution is 2.02. The second-order valence-electron chi connectivity index (χ2n) is 2.05. The van der Waals surface area contributed by atoms with Gasteiger partial charge in [-0.05, 0) is 19.1 Å². The van der Waals surface area contributed by atoms with E-state index in [9.17, 15) is 0 Å². The first-order valence-electron chi connectivity index (χ1n) is 4.23. The number of aromatic hydroxyl groups is 1. The van der Waals surface area contributed by atoms with E-state index in [1.54, 1.807) is 31.2 Å². The van der Waals surface area contributed by atoms with Gasteiger partial charge in [0.25, 0.3) is 0 Å². The van der Waals surface area contributed by atoms with Crippen LogP contribution in [-0.2, 0) is 4.79 Å². The van der Waals surface area contributed by atoms with Gasteiger partial charge < -0.3 is 26.5 Å². The number of carbonyl (C=O) groups excluding carboxylic acids is 2. The number of aliphatic hydroxyl groups is 1. The number of nitrogens with two attached hydrogens (primary N) is 2. The summed E-state index contributed by atoms with van der Waals surface area (Å²) in [6.07, 6.45) is 0. The molecule has 0 saturated heterocycles. The second-order valence-corrected chi connectivity index (χ2v) is 2.05. The van der Waals surface area contributed by atoms with Crippen LogP contribution in [0.3, 0.4) is 0 Å². The number of aliphatic hydroxyl groups excluding tert-OH is 1. The molecule has 2 amide bonds. The van der Waals surface area contributed by atoms with Gasteiger partial charge in [0, 0.05) is 6.61 Å². The van der Waals surface area contributed by atoms with Gasteiger partial charge in [0.15, 0.2) is 0 Å². The molecule has 6 heteroatoms. The summed E-state index contributed by atoms with van der Waals surface area (Å²) in [6, 6.07) is 7.88. The smallest absolute Gasteiger partial charge is 0.309 e. The average Bonchev–Trinajstić information content (AvgIpc) is 2.22. The molecule has 1 aromatic rings. The number of phenolic OH excluding ortho intramolecular Hbond substituents is 1. The van der Waals surface area contributed by atoms with Crippen LogP contribution in [-0.4, -0.2) is 29.6 Å². The second kappa shape index (κ2) is 18.7. The van der Waals surface area contributed by atoms with Gasteiger partial charge in [0.2, 0.25) is 0 Å². The van der Waals surface area contributed by atoms with Gasteiger partial charge in [-0.2, -0.15) is 0 Å². The minimum absolute atomic E-state index is 0.250. The fourth-order valence-corrected chi connectivity index (χ4v) is 0.428. The molecule has 0 radical (unpaired) electrons. The van der Waals surface area contributed by atoms with Crippen LogP contribution in [0.1, 0.15) is 6.92 Å². The Balaban J connectivity index is -0.000000163. The lowest BCUT2D eigenvalue weighted by Crippen LogP contribution is -2.18. The number of hydrogen-bond donors (Lipinski definition) is 4. The standard InChI is InChI=1S/C6H6O.C2H6O.CH4N2O.CH2O/c7-6-4-2-1-3-5-6;1-2-3;2-1(3)4;1-2/h1-5,7H;3H,2H2,1H3;(H4,2,3,4);1H2. The van der Waals surface area contributed by atoms with Gasteiger partial charge in [0.1, 0.15) is 12.5 Å². The van der Waals surface area contributed by atoms with Crippen LogP contribution in [0.5, 0.6) is 5.75 Å². The van der Waals surface area contributed by atoms with E-state index < -0.39 is 6.03 Å². The van der Waals surface area contributed by atoms with E-state index >= 15 is 0 Å². The maximum Gasteiger partial charge on any atom is 0.309 e. The summed E-state index contributed by atoms with van der Waals surface area (Å²) in [5.74, 6) is 0.322. The summed E-state index contributed by atoms with van der Waals surface area (Å²) in [5, 5.41) is 16.2. The SMILES string of the molecule is C=O.CCO.NC(N)=O.Oc1ccccc1. The molecular formula is C10H18N2O4. The molecule has 0 heterocycles. The molecule has 0 atom stereocenters. The predicted molar refractivity (Wildman–Crippen MR) is 61.8 cm³/mol. The van der Waals surface area contributed by atoms with E-state index in [4.69, 9.17) is 19.8 Å². The Morgan fingerprint density at radius 2 is 1.50 bits per heavy atom. The first-order valence-corrected chi connectivity index (χ1v) is 4.23. The largest absolute Gasteiger partial charge is 0.508 e. The lowest BCUT2D eigenvalue weighted by Gasteiger charge is -1.82. The van der Waals surface area contributed by atoms with Crippen molar-refractivity contribution in [2.24, 2.45) is 11.5 Å². The van der Waals surface area contributed by atoms with Crippen molar-refractivity contribution in [3.05, 3.63) is 30.3 Å². The number of rotatable bonds is 0. The number of para-hydroxylation sites is 1. The summed E-state index contributed by atoms with van der Waals surface area (Å²) in [5.41, 5.74) is 8.50. The molecule has 0 spiro atoms. The molecule has 6 nitrogen and oxygen atoms in total. The van der Waals surface area contributed by atoms with Crippen molar-refractivity contribution in [1.29, 1.82) is 0 Å². The van der Waals surface area contributed by atoms with Gasteiger partial charge >= 0.3 is 6.03 Å². The Labute approximate surface area is 94.5 Å². The van der Waals surface area contributed by atoms with Crippen LogP contribution in [0, 0.1) is 0 Å². The highest BCUT2D eigenvalue weighted by molar-refractivity contribution is 5.69. The summed E-state index contributed by atoms with van der Waals surface area (Å²) in [6.45, 7) is 3.93. The van der Waals surface area contributed by atoms with Crippen LogP contribution in [0.15, 0.2) is 30.3 Å². The number of urea groups is 1. The normalized spacial score (nSPS) is 6.62. The molecular weight excluding hydrogens is 212 g/mol. The summed E-state index contributed by atoms with van der Waals surface area (Å²) in [7, 11) is 0. The molecule has 92 valence electrons. The highest BCUT2D eigenvalue weighted by atomic mass is 16.3. The molecule has 0 fully saturated rings. The van der Waals surface area contributed by atoms with Gasteiger partial charge in [0.05, 0.1) is 0 Å². The molecule has 1 rings (SSSR count). The van der Waals surface area contributed by atoms with Crippen molar-refractivity contribution in [1.82, 2.24) is 0 Å². The quantitative estimate of drug-likeness (QED) is 0.508. The van der Waals surface area contributed by atoms with Gasteiger partial charge in [-0.1, -0.05) is 18.2 Å². The molecule has 6 N–H and O–H groups in total. The predicted octanol–water partition coefficient (Wildman–Crippen LogP) is 0.230. The van der Waals surface area contributed by atoms with E-state index in [0.29, 0.717) is 5.75 Å². The highest BCUT2D eigenvalue weighted by Gasteiger charge is 1.74.